The molecule has 6 nitrogen and oxygen atoms in total. The number of unbranched alkanes of at least 4 members (excludes halogenated alkanes) is 1. The first-order chi connectivity index (χ1) is 13.7. The van der Waals surface area contributed by atoms with Gasteiger partial charge in [-0.1, -0.05) is 13.3 Å². The minimum Gasteiger partial charge on any atom is -0.482 e. The van der Waals surface area contributed by atoms with Crippen LogP contribution in [0.2, 0.25) is 0 Å². The van der Waals surface area contributed by atoms with Crippen LogP contribution in [-0.4, -0.2) is 58.2 Å². The van der Waals surface area contributed by atoms with E-state index in [4.69, 9.17) is 14.9 Å². The molecule has 1 aromatic carbocycles. The third-order valence-electron chi connectivity index (χ3n) is 4.38. The van der Waals surface area contributed by atoms with Crippen molar-refractivity contribution in [2.75, 3.05) is 26.8 Å². The minimum atomic E-state index is -4.90. The van der Waals surface area contributed by atoms with Crippen molar-refractivity contribution >= 4 is 0 Å². The number of rotatable bonds is 10. The number of aliphatic hydroxyl groups is 2. The molecule has 0 aliphatic heterocycles. The normalized spacial score (nSPS) is 12.2. The van der Waals surface area contributed by atoms with E-state index in [1.54, 1.807) is 0 Å². The van der Waals surface area contributed by atoms with Crippen LogP contribution in [0.25, 0.3) is 11.3 Å². The Labute approximate surface area is 166 Å². The first-order valence-electron chi connectivity index (χ1n) is 9.21. The average molecular weight is 419 g/mol. The van der Waals surface area contributed by atoms with Crippen molar-refractivity contribution in [1.29, 1.82) is 0 Å². The Kier molecular flexibility index (Phi) is 8.00. The largest absolute Gasteiger partial charge is 0.482 e. The van der Waals surface area contributed by atoms with Crippen LogP contribution in [0, 0.1) is 5.82 Å². The first kappa shape index (κ1) is 23.1. The molecule has 1 heterocycles. The summed E-state index contributed by atoms with van der Waals surface area (Å²) in [6.45, 7) is 1.78. The molecule has 0 atom stereocenters. The third kappa shape index (κ3) is 5.91. The van der Waals surface area contributed by atoms with Crippen molar-refractivity contribution < 1.29 is 32.5 Å². The Morgan fingerprint density at radius 1 is 1.24 bits per heavy atom. The zero-order chi connectivity index (χ0) is 21.6. The van der Waals surface area contributed by atoms with Crippen molar-refractivity contribution in [1.82, 2.24) is 15.1 Å². The number of hydrogen-bond donors (Lipinski definition) is 3. The fourth-order valence-corrected chi connectivity index (χ4v) is 2.85. The summed E-state index contributed by atoms with van der Waals surface area (Å²) in [4.78, 5) is 2.00. The maximum atomic E-state index is 14.6. The van der Waals surface area contributed by atoms with Gasteiger partial charge in [-0.2, -0.15) is 18.3 Å². The van der Waals surface area contributed by atoms with Gasteiger partial charge in [0.05, 0.1) is 25.1 Å². The van der Waals surface area contributed by atoms with E-state index in [1.807, 2.05) is 11.9 Å². The lowest BCUT2D eigenvalue weighted by molar-refractivity contribution is -0.139. The lowest BCUT2D eigenvalue weighted by Crippen LogP contribution is -2.27. The molecule has 29 heavy (non-hydrogen) atoms. The van der Waals surface area contributed by atoms with Crippen molar-refractivity contribution in [2.24, 2.45) is 0 Å². The van der Waals surface area contributed by atoms with Gasteiger partial charge in [0.25, 0.3) is 0 Å². The smallest absolute Gasteiger partial charge is 0.420 e. The topological polar surface area (TPSA) is 81.6 Å². The van der Waals surface area contributed by atoms with Gasteiger partial charge in [0.1, 0.15) is 11.7 Å². The predicted molar refractivity (Wildman–Crippen MR) is 98.8 cm³/mol. The highest BCUT2D eigenvalue weighted by molar-refractivity contribution is 5.66. The first-order valence-corrected chi connectivity index (χ1v) is 9.21. The van der Waals surface area contributed by atoms with Gasteiger partial charge in [0.2, 0.25) is 0 Å². The molecule has 2 aromatic rings. The Hall–Kier alpha value is -2.17. The zero-order valence-corrected chi connectivity index (χ0v) is 16.3. The molecular formula is C19H25F4N3O3. The number of H-pyrrole nitrogens is 1. The Morgan fingerprint density at radius 3 is 2.52 bits per heavy atom. The molecule has 0 aliphatic carbocycles. The fraction of sp³-hybridized carbons (Fsp3) is 0.526. The van der Waals surface area contributed by atoms with Gasteiger partial charge in [-0.05, 0) is 32.1 Å². The van der Waals surface area contributed by atoms with E-state index in [9.17, 15) is 17.6 Å². The molecule has 162 valence electrons. The second kappa shape index (κ2) is 10.0. The number of alkyl halides is 3. The van der Waals surface area contributed by atoms with Gasteiger partial charge in [-0.3, -0.25) is 5.10 Å². The number of aliphatic hydroxyl groups excluding tert-OH is 2. The molecule has 1 aromatic heterocycles. The van der Waals surface area contributed by atoms with Crippen LogP contribution < -0.4 is 4.74 Å². The van der Waals surface area contributed by atoms with Crippen LogP contribution in [0.5, 0.6) is 5.75 Å². The SMILES string of the molecule is CCCCN(C)Cc1cn[nH]c1-c1cc(F)c(OC(CO)CO)c(C(F)(F)F)c1. The van der Waals surface area contributed by atoms with E-state index < -0.39 is 42.6 Å². The molecule has 0 bridgehead atoms. The lowest BCUT2D eigenvalue weighted by Gasteiger charge is -2.20. The molecule has 0 aliphatic rings. The van der Waals surface area contributed by atoms with Crippen LogP contribution >= 0.6 is 0 Å². The summed E-state index contributed by atoms with van der Waals surface area (Å²) in [7, 11) is 1.88. The van der Waals surface area contributed by atoms with E-state index in [-0.39, 0.29) is 11.3 Å². The second-order valence-corrected chi connectivity index (χ2v) is 6.80. The average Bonchev–Trinajstić information content (AvgIpc) is 3.12. The Bertz CT molecular complexity index is 791. The van der Waals surface area contributed by atoms with Gasteiger partial charge in [-0.25, -0.2) is 4.39 Å². The molecule has 2 rings (SSSR count). The summed E-state index contributed by atoms with van der Waals surface area (Å²) in [5, 5.41) is 24.6. The van der Waals surface area contributed by atoms with Gasteiger partial charge >= 0.3 is 6.18 Å². The summed E-state index contributed by atoms with van der Waals surface area (Å²) < 4.78 is 60.1. The lowest BCUT2D eigenvalue weighted by atomic mass is 10.0. The van der Waals surface area contributed by atoms with Crippen molar-refractivity contribution in [3.05, 3.63) is 35.3 Å². The summed E-state index contributed by atoms with van der Waals surface area (Å²) >= 11 is 0. The number of benzene rings is 1. The molecule has 0 saturated carbocycles. The maximum absolute atomic E-state index is 14.6. The number of nitrogens with one attached hydrogen (secondary N) is 1. The summed E-state index contributed by atoms with van der Waals surface area (Å²) in [6, 6.07) is 1.69. The second-order valence-electron chi connectivity index (χ2n) is 6.80. The standard InChI is InChI=1S/C19H25F4N3O3/c1-3-4-5-26(2)9-13-8-24-25-17(13)12-6-15(19(21,22)23)18(16(20)7-12)29-14(10-27)11-28/h6-8,14,27-28H,3-5,9-11H2,1-2H3,(H,24,25). The van der Waals surface area contributed by atoms with Gasteiger partial charge in [0.15, 0.2) is 11.6 Å². The minimum absolute atomic E-state index is 0.0249. The van der Waals surface area contributed by atoms with Gasteiger partial charge in [0, 0.05) is 17.7 Å². The quantitative estimate of drug-likeness (QED) is 0.516. The number of aromatic amines is 1. The van der Waals surface area contributed by atoms with E-state index in [2.05, 4.69) is 17.1 Å². The molecular weight excluding hydrogens is 394 g/mol. The Balaban J connectivity index is 2.43. The molecule has 0 unspecified atom stereocenters. The number of halogens is 4. The molecule has 0 radical (unpaired) electrons. The molecule has 0 amide bonds. The number of aromatic nitrogens is 2. The summed E-state index contributed by atoms with van der Waals surface area (Å²) in [6.07, 6.45) is -2.79. The summed E-state index contributed by atoms with van der Waals surface area (Å²) in [5.41, 5.74) is -0.444. The van der Waals surface area contributed by atoms with E-state index in [1.165, 1.54) is 6.20 Å². The van der Waals surface area contributed by atoms with Crippen LogP contribution in [0.4, 0.5) is 17.6 Å². The van der Waals surface area contributed by atoms with Crippen LogP contribution in [0.1, 0.15) is 30.9 Å². The number of hydrogen-bond acceptors (Lipinski definition) is 5. The fourth-order valence-electron chi connectivity index (χ4n) is 2.85. The number of ether oxygens (including phenoxy) is 1. The molecule has 0 fully saturated rings. The monoisotopic (exact) mass is 419 g/mol. The van der Waals surface area contributed by atoms with Crippen LogP contribution in [-0.2, 0) is 12.7 Å². The highest BCUT2D eigenvalue weighted by Gasteiger charge is 2.37. The third-order valence-corrected chi connectivity index (χ3v) is 4.38. The molecule has 3 N–H and O–H groups in total. The zero-order valence-electron chi connectivity index (χ0n) is 16.3. The van der Waals surface area contributed by atoms with E-state index in [0.717, 1.165) is 31.5 Å². The van der Waals surface area contributed by atoms with Crippen LogP contribution in [0.3, 0.4) is 0 Å². The number of nitrogens with zero attached hydrogens (tertiary/aromatic N) is 2. The van der Waals surface area contributed by atoms with Gasteiger partial charge < -0.3 is 19.8 Å². The van der Waals surface area contributed by atoms with Gasteiger partial charge in [-0.15, -0.1) is 0 Å². The molecule has 0 saturated heterocycles. The highest BCUT2D eigenvalue weighted by Crippen LogP contribution is 2.41. The highest BCUT2D eigenvalue weighted by atomic mass is 19.4. The molecule has 0 spiro atoms. The van der Waals surface area contributed by atoms with Crippen molar-refractivity contribution in [3.63, 3.8) is 0 Å². The maximum Gasteiger partial charge on any atom is 0.420 e. The van der Waals surface area contributed by atoms with E-state index in [0.29, 0.717) is 12.1 Å². The van der Waals surface area contributed by atoms with E-state index >= 15 is 0 Å². The Morgan fingerprint density at radius 2 is 1.93 bits per heavy atom. The predicted octanol–water partition coefficient (Wildman–Crippen LogP) is 3.20. The summed E-state index contributed by atoms with van der Waals surface area (Å²) in [5.74, 6) is -2.31. The van der Waals surface area contributed by atoms with Crippen LogP contribution in [0.15, 0.2) is 18.3 Å². The van der Waals surface area contributed by atoms with Crippen molar-refractivity contribution in [3.8, 4) is 17.0 Å². The van der Waals surface area contributed by atoms with Crippen molar-refractivity contribution in [2.45, 2.75) is 38.6 Å². The molecule has 10 heteroatoms.